The maximum Gasteiger partial charge on any atom is 0.0788 e. The van der Waals surface area contributed by atoms with Crippen molar-refractivity contribution in [3.8, 4) is 0 Å². The molecule has 15 heavy (non-hydrogen) atoms. The van der Waals surface area contributed by atoms with Gasteiger partial charge in [0.05, 0.1) is 18.3 Å². The van der Waals surface area contributed by atoms with E-state index in [1.54, 1.807) is 0 Å². The highest BCUT2D eigenvalue weighted by Gasteiger charge is 2.24. The third-order valence-corrected chi connectivity index (χ3v) is 2.92. The van der Waals surface area contributed by atoms with Gasteiger partial charge in [0.2, 0.25) is 0 Å². The van der Waals surface area contributed by atoms with Gasteiger partial charge >= 0.3 is 0 Å². The van der Waals surface area contributed by atoms with E-state index in [1.165, 1.54) is 12.8 Å². The van der Waals surface area contributed by atoms with Crippen molar-refractivity contribution < 1.29 is 9.84 Å². The molecule has 3 nitrogen and oxygen atoms in total. The molecule has 1 aliphatic rings. The summed E-state index contributed by atoms with van der Waals surface area (Å²) in [7, 11) is 2.13. The van der Waals surface area contributed by atoms with Gasteiger partial charge in [0.25, 0.3) is 0 Å². The van der Waals surface area contributed by atoms with Crippen molar-refractivity contribution in [3.63, 3.8) is 0 Å². The highest BCUT2D eigenvalue weighted by atomic mass is 16.5. The van der Waals surface area contributed by atoms with Crippen LogP contribution in [0.25, 0.3) is 0 Å². The molecule has 90 valence electrons. The second-order valence-corrected chi connectivity index (χ2v) is 5.59. The summed E-state index contributed by atoms with van der Waals surface area (Å²) in [6, 6.07) is 0.545. The fourth-order valence-electron chi connectivity index (χ4n) is 2.01. The molecule has 0 bridgehead atoms. The lowest BCUT2D eigenvalue weighted by molar-refractivity contribution is -0.0545. The molecular weight excluding hydrogens is 190 g/mol. The van der Waals surface area contributed by atoms with Crippen LogP contribution in [0.3, 0.4) is 0 Å². The molecule has 1 fully saturated rings. The lowest BCUT2D eigenvalue weighted by Gasteiger charge is -2.25. The first kappa shape index (κ1) is 12.9. The summed E-state index contributed by atoms with van der Waals surface area (Å²) < 4.78 is 5.57. The van der Waals surface area contributed by atoms with Gasteiger partial charge in [-0.05, 0) is 53.6 Å². The summed E-state index contributed by atoms with van der Waals surface area (Å²) >= 11 is 0. The highest BCUT2D eigenvalue weighted by molar-refractivity contribution is 4.79. The van der Waals surface area contributed by atoms with Crippen LogP contribution in [0.2, 0.25) is 0 Å². The Bertz CT molecular complexity index is 189. The van der Waals surface area contributed by atoms with Crippen molar-refractivity contribution in [2.75, 3.05) is 20.2 Å². The van der Waals surface area contributed by atoms with Gasteiger partial charge < -0.3 is 14.7 Å². The van der Waals surface area contributed by atoms with E-state index in [0.29, 0.717) is 12.6 Å². The molecular formula is C12H25NO2. The normalized spacial score (nSPS) is 25.8. The van der Waals surface area contributed by atoms with Crippen LogP contribution < -0.4 is 0 Å². The predicted molar refractivity (Wildman–Crippen MR) is 62.0 cm³/mol. The van der Waals surface area contributed by atoms with E-state index in [4.69, 9.17) is 4.74 Å². The zero-order chi connectivity index (χ0) is 11.5. The highest BCUT2D eigenvalue weighted by Crippen LogP contribution is 2.20. The van der Waals surface area contributed by atoms with Crippen molar-refractivity contribution in [1.29, 1.82) is 0 Å². The molecule has 2 atom stereocenters. The van der Waals surface area contributed by atoms with E-state index < -0.39 is 0 Å². The van der Waals surface area contributed by atoms with Gasteiger partial charge in [-0.3, -0.25) is 0 Å². The molecule has 0 aromatic rings. The lowest BCUT2D eigenvalue weighted by Crippen LogP contribution is -2.33. The van der Waals surface area contributed by atoms with Gasteiger partial charge in [-0.25, -0.2) is 0 Å². The second-order valence-electron chi connectivity index (χ2n) is 5.59. The summed E-state index contributed by atoms with van der Waals surface area (Å²) in [6.45, 7) is 7.66. The molecule has 0 aliphatic carbocycles. The number of ether oxygens (including phenoxy) is 1. The maximum atomic E-state index is 9.84. The summed E-state index contributed by atoms with van der Waals surface area (Å²) in [5.74, 6) is 0. The fourth-order valence-corrected chi connectivity index (χ4v) is 2.01. The Morgan fingerprint density at radius 2 is 2.13 bits per heavy atom. The Morgan fingerprint density at radius 1 is 1.47 bits per heavy atom. The van der Waals surface area contributed by atoms with Crippen molar-refractivity contribution >= 4 is 0 Å². The fraction of sp³-hybridized carbons (Fsp3) is 1.00. The van der Waals surface area contributed by atoms with Crippen molar-refractivity contribution in [2.45, 2.75) is 57.8 Å². The van der Waals surface area contributed by atoms with Crippen LogP contribution in [0.4, 0.5) is 0 Å². The molecule has 0 spiro atoms. The Labute approximate surface area is 93.4 Å². The molecule has 2 unspecified atom stereocenters. The Morgan fingerprint density at radius 3 is 2.60 bits per heavy atom. The number of hydrogen-bond acceptors (Lipinski definition) is 3. The van der Waals surface area contributed by atoms with Crippen LogP contribution in [-0.2, 0) is 4.74 Å². The minimum atomic E-state index is -0.324. The first-order valence-electron chi connectivity index (χ1n) is 5.91. The third kappa shape index (κ3) is 4.96. The van der Waals surface area contributed by atoms with E-state index in [9.17, 15) is 5.11 Å². The van der Waals surface area contributed by atoms with Crippen LogP contribution in [0.1, 0.15) is 40.0 Å². The van der Waals surface area contributed by atoms with E-state index in [1.807, 2.05) is 20.8 Å². The first-order chi connectivity index (χ1) is 6.88. The minimum absolute atomic E-state index is 0.150. The smallest absolute Gasteiger partial charge is 0.0788 e. The van der Waals surface area contributed by atoms with Crippen LogP contribution in [0, 0.1) is 0 Å². The largest absolute Gasteiger partial charge is 0.391 e. The number of likely N-dealkylation sites (tertiary alicyclic amines) is 1. The Balaban J connectivity index is 2.20. The number of rotatable bonds is 4. The molecule has 0 aromatic carbocycles. The zero-order valence-corrected chi connectivity index (χ0v) is 10.5. The maximum absolute atomic E-state index is 9.84. The van der Waals surface area contributed by atoms with Gasteiger partial charge in [-0.2, -0.15) is 0 Å². The van der Waals surface area contributed by atoms with Gasteiger partial charge in [0, 0.05) is 6.04 Å². The minimum Gasteiger partial charge on any atom is -0.391 e. The third-order valence-electron chi connectivity index (χ3n) is 2.92. The van der Waals surface area contributed by atoms with Gasteiger partial charge in [0.15, 0.2) is 0 Å². The topological polar surface area (TPSA) is 32.7 Å². The SMILES string of the molecule is CN1CCCC1CC(O)COC(C)(C)C. The Hall–Kier alpha value is -0.120. The molecule has 3 heteroatoms. The number of nitrogens with zero attached hydrogens (tertiary/aromatic N) is 1. The standard InChI is InChI=1S/C12H25NO2/c1-12(2,3)15-9-11(14)8-10-6-5-7-13(10)4/h10-11,14H,5-9H2,1-4H3. The molecule has 0 aromatic heterocycles. The van der Waals surface area contributed by atoms with Crippen molar-refractivity contribution in [2.24, 2.45) is 0 Å². The van der Waals surface area contributed by atoms with Gasteiger partial charge in [-0.15, -0.1) is 0 Å². The summed E-state index contributed by atoms with van der Waals surface area (Å²) in [5, 5.41) is 9.84. The molecule has 0 saturated carbocycles. The zero-order valence-electron chi connectivity index (χ0n) is 10.5. The molecule has 0 radical (unpaired) electrons. The van der Waals surface area contributed by atoms with E-state index >= 15 is 0 Å². The summed E-state index contributed by atoms with van der Waals surface area (Å²) in [4.78, 5) is 2.33. The molecule has 1 rings (SSSR count). The molecule has 1 saturated heterocycles. The number of hydrogen-bond donors (Lipinski definition) is 1. The van der Waals surface area contributed by atoms with Crippen LogP contribution in [-0.4, -0.2) is 48.0 Å². The quantitative estimate of drug-likeness (QED) is 0.774. The Kier molecular flexibility index (Phi) is 4.56. The number of aliphatic hydroxyl groups excluding tert-OH is 1. The first-order valence-corrected chi connectivity index (χ1v) is 5.91. The summed E-state index contributed by atoms with van der Waals surface area (Å²) in [5.41, 5.74) is -0.150. The van der Waals surface area contributed by atoms with Gasteiger partial charge in [-0.1, -0.05) is 0 Å². The molecule has 1 aliphatic heterocycles. The molecule has 1 heterocycles. The van der Waals surface area contributed by atoms with Crippen LogP contribution >= 0.6 is 0 Å². The summed E-state index contributed by atoms with van der Waals surface area (Å²) in [6.07, 6.45) is 2.98. The molecule has 0 amide bonds. The van der Waals surface area contributed by atoms with Crippen LogP contribution in [0.5, 0.6) is 0 Å². The number of aliphatic hydroxyl groups is 1. The van der Waals surface area contributed by atoms with E-state index in [-0.39, 0.29) is 11.7 Å². The van der Waals surface area contributed by atoms with Crippen molar-refractivity contribution in [1.82, 2.24) is 4.90 Å². The van der Waals surface area contributed by atoms with Crippen molar-refractivity contribution in [3.05, 3.63) is 0 Å². The van der Waals surface area contributed by atoms with Gasteiger partial charge in [0.1, 0.15) is 0 Å². The average Bonchev–Trinajstić information content (AvgIpc) is 2.47. The second kappa shape index (κ2) is 5.28. The lowest BCUT2D eigenvalue weighted by atomic mass is 10.1. The average molecular weight is 215 g/mol. The monoisotopic (exact) mass is 215 g/mol. The van der Waals surface area contributed by atoms with E-state index in [0.717, 1.165) is 13.0 Å². The van der Waals surface area contributed by atoms with Crippen LogP contribution in [0.15, 0.2) is 0 Å². The predicted octanol–water partition coefficient (Wildman–Crippen LogP) is 1.65. The molecule has 1 N–H and O–H groups in total. The van der Waals surface area contributed by atoms with E-state index in [2.05, 4.69) is 11.9 Å².